The summed E-state index contributed by atoms with van der Waals surface area (Å²) in [5.74, 6) is -1.61. The van der Waals surface area contributed by atoms with Crippen LogP contribution in [0.15, 0.2) is 71.0 Å². The van der Waals surface area contributed by atoms with Gasteiger partial charge in [0.15, 0.2) is 10.7 Å². The van der Waals surface area contributed by atoms with E-state index < -0.39 is 31.7 Å². The molecule has 2 aromatic carbocycles. The summed E-state index contributed by atoms with van der Waals surface area (Å²) in [5.41, 5.74) is 6.53. The quantitative estimate of drug-likeness (QED) is 0.322. The fourth-order valence-electron chi connectivity index (χ4n) is 3.97. The van der Waals surface area contributed by atoms with Crippen LogP contribution < -0.4 is 10.5 Å². The van der Waals surface area contributed by atoms with Crippen molar-refractivity contribution in [2.45, 2.75) is 16.8 Å². The van der Waals surface area contributed by atoms with Crippen molar-refractivity contribution in [3.05, 3.63) is 78.4 Å². The van der Waals surface area contributed by atoms with Crippen molar-refractivity contribution in [3.63, 3.8) is 0 Å². The molecule has 5 aromatic rings. The summed E-state index contributed by atoms with van der Waals surface area (Å²) in [6.07, 6.45) is 2.35. The predicted octanol–water partition coefficient (Wildman–Crippen LogP) is 3.04. The highest BCUT2D eigenvalue weighted by molar-refractivity contribution is 7.92. The molecule has 196 valence electrons. The lowest BCUT2D eigenvalue weighted by Gasteiger charge is -2.10. The minimum atomic E-state index is -4.21. The van der Waals surface area contributed by atoms with Crippen LogP contribution >= 0.6 is 0 Å². The Balaban J connectivity index is 1.60. The normalized spacial score (nSPS) is 12.2. The number of aromatic nitrogens is 5. The monoisotopic (exact) mass is 559 g/mol. The van der Waals surface area contributed by atoms with E-state index >= 15 is 4.39 Å². The number of rotatable bonds is 6. The molecule has 0 spiro atoms. The van der Waals surface area contributed by atoms with Crippen LogP contribution in [0.5, 0.6) is 0 Å². The molecule has 0 saturated carbocycles. The van der Waals surface area contributed by atoms with Crippen LogP contribution in [0.25, 0.3) is 22.2 Å². The first-order valence-corrected chi connectivity index (χ1v) is 13.8. The summed E-state index contributed by atoms with van der Waals surface area (Å²) < 4.78 is 84.7. The summed E-state index contributed by atoms with van der Waals surface area (Å²) >= 11 is 0. The largest absolute Gasteiger partial charge is 0.383 e. The summed E-state index contributed by atoms with van der Waals surface area (Å²) in [5, 5.41) is 4.14. The van der Waals surface area contributed by atoms with Crippen LogP contribution in [0.2, 0.25) is 0 Å². The van der Waals surface area contributed by atoms with Gasteiger partial charge in [0.05, 0.1) is 21.7 Å². The topological polar surface area (TPSA) is 155 Å². The van der Waals surface area contributed by atoms with Gasteiger partial charge in [0.25, 0.3) is 20.0 Å². The van der Waals surface area contributed by atoms with Gasteiger partial charge < -0.3 is 5.73 Å². The number of nitrogen functional groups attached to an aromatic ring is 1. The van der Waals surface area contributed by atoms with E-state index in [0.29, 0.717) is 5.69 Å². The van der Waals surface area contributed by atoms with E-state index in [9.17, 15) is 21.2 Å². The Morgan fingerprint density at radius 1 is 0.974 bits per heavy atom. The van der Waals surface area contributed by atoms with Crippen molar-refractivity contribution < 1.29 is 25.6 Å². The minimum absolute atomic E-state index is 0.0344. The van der Waals surface area contributed by atoms with Gasteiger partial charge in [-0.25, -0.2) is 31.1 Å². The first-order valence-electron chi connectivity index (χ1n) is 10.8. The van der Waals surface area contributed by atoms with E-state index in [2.05, 4.69) is 19.8 Å². The van der Waals surface area contributed by atoms with Gasteiger partial charge in [-0.2, -0.15) is 13.5 Å². The van der Waals surface area contributed by atoms with Gasteiger partial charge in [0, 0.05) is 18.8 Å². The van der Waals surface area contributed by atoms with E-state index in [4.69, 9.17) is 5.73 Å². The van der Waals surface area contributed by atoms with Crippen LogP contribution in [0.4, 0.5) is 20.3 Å². The van der Waals surface area contributed by atoms with Gasteiger partial charge in [-0.3, -0.25) is 9.40 Å². The number of halogens is 2. The summed E-state index contributed by atoms with van der Waals surface area (Å²) in [4.78, 5) is 7.78. The van der Waals surface area contributed by atoms with Crippen molar-refractivity contribution in [1.82, 2.24) is 23.7 Å². The maximum atomic E-state index is 15.1. The molecule has 0 amide bonds. The Morgan fingerprint density at radius 2 is 1.68 bits per heavy atom. The van der Waals surface area contributed by atoms with Gasteiger partial charge in [-0.15, -0.1) is 0 Å². The zero-order valence-corrected chi connectivity index (χ0v) is 21.4. The van der Waals surface area contributed by atoms with Crippen molar-refractivity contribution in [3.8, 4) is 11.1 Å². The van der Waals surface area contributed by atoms with E-state index in [1.165, 1.54) is 36.1 Å². The first-order chi connectivity index (χ1) is 17.9. The Kier molecular flexibility index (Phi) is 5.91. The van der Waals surface area contributed by atoms with Gasteiger partial charge in [-0.05, 0) is 55.0 Å². The molecular weight excluding hydrogens is 540 g/mol. The van der Waals surface area contributed by atoms with Gasteiger partial charge in [-0.1, -0.05) is 6.07 Å². The Hall–Kier alpha value is -4.37. The second kappa shape index (κ2) is 8.88. The molecule has 0 atom stereocenters. The predicted molar refractivity (Wildman–Crippen MR) is 135 cm³/mol. The number of fused-ring (bicyclic) bond motifs is 1. The number of sulfonamides is 1. The molecule has 38 heavy (non-hydrogen) atoms. The lowest BCUT2D eigenvalue weighted by Crippen LogP contribution is -2.16. The first kappa shape index (κ1) is 25.3. The van der Waals surface area contributed by atoms with Gasteiger partial charge in [0.1, 0.15) is 23.8 Å². The minimum Gasteiger partial charge on any atom is -0.383 e. The van der Waals surface area contributed by atoms with Crippen LogP contribution in [0.1, 0.15) is 5.69 Å². The van der Waals surface area contributed by atoms with E-state index in [1.807, 2.05) is 0 Å². The highest BCUT2D eigenvalue weighted by atomic mass is 32.2. The second-order valence-electron chi connectivity index (χ2n) is 8.30. The smallest absolute Gasteiger partial charge is 0.286 e. The van der Waals surface area contributed by atoms with Gasteiger partial charge in [0.2, 0.25) is 0 Å². The third-order valence-corrected chi connectivity index (χ3v) is 8.80. The molecule has 0 aliphatic rings. The molecule has 0 saturated heterocycles. The molecular formula is C23H19F2N7O4S2. The molecule has 0 bridgehead atoms. The molecule has 0 fully saturated rings. The van der Waals surface area contributed by atoms with Crippen LogP contribution in [-0.2, 0) is 27.1 Å². The lowest BCUT2D eigenvalue weighted by atomic mass is 10.1. The van der Waals surface area contributed by atoms with E-state index in [-0.39, 0.29) is 43.6 Å². The highest BCUT2D eigenvalue weighted by Gasteiger charge is 2.27. The molecule has 0 radical (unpaired) electrons. The molecule has 3 aromatic heterocycles. The van der Waals surface area contributed by atoms with Crippen LogP contribution in [0.3, 0.4) is 0 Å². The SMILES string of the molecule is Cc1cc(S(=O)(=O)n2cc(-c3ccc(NS(=O)(=O)c4ccc(F)cc4)c(F)c3)c3c(N)ncnc32)n(C)n1. The number of nitrogens with zero attached hydrogens (tertiary/aromatic N) is 5. The molecule has 0 aliphatic carbocycles. The third-order valence-electron chi connectivity index (χ3n) is 5.71. The zero-order valence-electron chi connectivity index (χ0n) is 19.8. The fraction of sp³-hybridized carbons (Fsp3) is 0.0870. The van der Waals surface area contributed by atoms with Crippen molar-refractivity contribution >= 4 is 42.6 Å². The molecule has 0 unspecified atom stereocenters. The number of nitrogens with two attached hydrogens (primary N) is 1. The molecule has 5 rings (SSSR count). The second-order valence-corrected chi connectivity index (χ2v) is 11.7. The molecule has 15 heteroatoms. The number of anilines is 2. The fourth-order valence-corrected chi connectivity index (χ4v) is 6.55. The number of aryl methyl sites for hydroxylation is 2. The molecule has 3 N–H and O–H groups in total. The Morgan fingerprint density at radius 3 is 2.32 bits per heavy atom. The van der Waals surface area contributed by atoms with Crippen molar-refractivity contribution in [2.75, 3.05) is 10.5 Å². The molecule has 3 heterocycles. The van der Waals surface area contributed by atoms with E-state index in [1.54, 1.807) is 6.92 Å². The van der Waals surface area contributed by atoms with Crippen LogP contribution in [0, 0.1) is 18.6 Å². The maximum absolute atomic E-state index is 15.1. The maximum Gasteiger partial charge on any atom is 0.286 e. The number of hydrogen-bond donors (Lipinski definition) is 2. The summed E-state index contributed by atoms with van der Waals surface area (Å²) in [7, 11) is -6.92. The highest BCUT2D eigenvalue weighted by Crippen LogP contribution is 2.36. The van der Waals surface area contributed by atoms with Crippen molar-refractivity contribution in [2.24, 2.45) is 7.05 Å². The zero-order chi connectivity index (χ0) is 27.4. The molecule has 0 aliphatic heterocycles. The number of nitrogens with one attached hydrogen (secondary N) is 1. The van der Waals surface area contributed by atoms with Crippen molar-refractivity contribution in [1.29, 1.82) is 0 Å². The Bertz CT molecular complexity index is 1930. The average molecular weight is 560 g/mol. The number of benzene rings is 2. The van der Waals surface area contributed by atoms with E-state index in [0.717, 1.165) is 40.6 Å². The lowest BCUT2D eigenvalue weighted by molar-refractivity contribution is 0.569. The summed E-state index contributed by atoms with van der Waals surface area (Å²) in [6.45, 7) is 1.65. The standard InChI is InChI=1S/C23H19F2N7O4S2/c1-13-9-20(31(2)29-13)38(35,36)32-11-17(21-22(26)27-12-28-23(21)32)14-3-8-19(18(25)10-14)30-37(33,34)16-6-4-15(24)5-7-16/h3-12,30H,1-2H3,(H2,26,27,28). The summed E-state index contributed by atoms with van der Waals surface area (Å²) in [6, 6.07) is 9.01. The number of hydrogen-bond acceptors (Lipinski definition) is 8. The Labute approximate surface area is 215 Å². The third kappa shape index (κ3) is 4.24. The average Bonchev–Trinajstić information content (AvgIpc) is 3.42. The molecule has 11 nitrogen and oxygen atoms in total. The van der Waals surface area contributed by atoms with Crippen LogP contribution in [-0.4, -0.2) is 40.6 Å². The van der Waals surface area contributed by atoms with Gasteiger partial charge >= 0.3 is 0 Å².